The maximum atomic E-state index is 11.3. The largest absolute Gasteiger partial charge is 0.468 e. The van der Waals surface area contributed by atoms with Crippen LogP contribution in [-0.4, -0.2) is 37.7 Å². The summed E-state index contributed by atoms with van der Waals surface area (Å²) >= 11 is 1.97. The van der Waals surface area contributed by atoms with E-state index < -0.39 is 0 Å². The van der Waals surface area contributed by atoms with Gasteiger partial charge in [-0.05, 0) is 43.7 Å². The molecule has 3 nitrogen and oxygen atoms in total. The first kappa shape index (κ1) is 13.8. The molecule has 0 radical (unpaired) electrons. The minimum Gasteiger partial charge on any atom is -0.468 e. The Labute approximate surface area is 103 Å². The molecule has 0 bridgehead atoms. The molecule has 1 rings (SSSR count). The average molecular weight is 245 g/mol. The summed E-state index contributed by atoms with van der Waals surface area (Å²) in [5.41, 5.74) is 0. The maximum absolute atomic E-state index is 11.3. The lowest BCUT2D eigenvalue weighted by atomic mass is 10.1. The van der Waals surface area contributed by atoms with Crippen LogP contribution >= 0.6 is 11.8 Å². The van der Waals surface area contributed by atoms with Crippen LogP contribution in [0.2, 0.25) is 0 Å². The molecule has 1 aliphatic carbocycles. The van der Waals surface area contributed by atoms with Gasteiger partial charge in [0.05, 0.1) is 7.11 Å². The fraction of sp³-hybridized carbons (Fsp3) is 0.917. The van der Waals surface area contributed by atoms with Gasteiger partial charge in [0.25, 0.3) is 0 Å². The highest BCUT2D eigenvalue weighted by Gasteiger charge is 2.17. The van der Waals surface area contributed by atoms with Crippen molar-refractivity contribution >= 4 is 17.7 Å². The zero-order chi connectivity index (χ0) is 11.8. The van der Waals surface area contributed by atoms with Crippen LogP contribution < -0.4 is 5.32 Å². The molecular formula is C12H23NO2S. The predicted molar refractivity (Wildman–Crippen MR) is 68.8 cm³/mol. The number of ether oxygens (including phenoxy) is 1. The Balaban J connectivity index is 2.06. The second-order valence-electron chi connectivity index (χ2n) is 4.38. The number of carbonyl (C=O) groups is 1. The lowest BCUT2D eigenvalue weighted by Gasteiger charge is -2.14. The topological polar surface area (TPSA) is 38.3 Å². The number of esters is 1. The molecular weight excluding hydrogens is 222 g/mol. The molecule has 1 aliphatic rings. The Morgan fingerprint density at radius 1 is 1.50 bits per heavy atom. The van der Waals surface area contributed by atoms with Gasteiger partial charge in [-0.15, -0.1) is 0 Å². The number of carbonyl (C=O) groups excluding carboxylic acids is 1. The smallest absolute Gasteiger partial charge is 0.322 e. The van der Waals surface area contributed by atoms with Gasteiger partial charge in [-0.2, -0.15) is 11.8 Å². The van der Waals surface area contributed by atoms with Crippen LogP contribution in [0.3, 0.4) is 0 Å². The van der Waals surface area contributed by atoms with E-state index in [0.717, 1.165) is 18.1 Å². The van der Waals surface area contributed by atoms with E-state index in [1.165, 1.54) is 38.5 Å². The fourth-order valence-electron chi connectivity index (χ4n) is 2.15. The van der Waals surface area contributed by atoms with Gasteiger partial charge in [-0.1, -0.05) is 12.8 Å². The van der Waals surface area contributed by atoms with E-state index >= 15 is 0 Å². The molecule has 1 fully saturated rings. The van der Waals surface area contributed by atoms with E-state index in [1.807, 2.05) is 18.8 Å². The van der Waals surface area contributed by atoms with E-state index in [-0.39, 0.29) is 12.0 Å². The van der Waals surface area contributed by atoms with Gasteiger partial charge in [-0.3, -0.25) is 4.79 Å². The molecule has 1 saturated carbocycles. The normalized spacial score (nSPS) is 18.6. The van der Waals surface area contributed by atoms with Crippen molar-refractivity contribution in [2.45, 2.75) is 38.1 Å². The number of likely N-dealkylation sites (N-methyl/N-ethyl adjacent to an activating group) is 1. The molecule has 0 aromatic carbocycles. The third-order valence-corrected chi connectivity index (χ3v) is 4.44. The SMILES string of the molecule is CNC(CCSCC1CCCC1)C(=O)OC. The van der Waals surface area contributed by atoms with Gasteiger partial charge >= 0.3 is 5.97 Å². The van der Waals surface area contributed by atoms with Crippen molar-refractivity contribution in [2.24, 2.45) is 5.92 Å². The first-order valence-corrected chi connectivity index (χ1v) is 7.26. The summed E-state index contributed by atoms with van der Waals surface area (Å²) in [5.74, 6) is 3.08. The highest BCUT2D eigenvalue weighted by atomic mass is 32.2. The quantitative estimate of drug-likeness (QED) is 0.550. The zero-order valence-corrected chi connectivity index (χ0v) is 11.1. The summed E-state index contributed by atoms with van der Waals surface area (Å²) in [6.45, 7) is 0. The molecule has 1 N–H and O–H groups in total. The van der Waals surface area contributed by atoms with E-state index in [9.17, 15) is 4.79 Å². The van der Waals surface area contributed by atoms with E-state index in [2.05, 4.69) is 5.32 Å². The Morgan fingerprint density at radius 3 is 2.75 bits per heavy atom. The van der Waals surface area contributed by atoms with Crippen LogP contribution in [0.1, 0.15) is 32.1 Å². The lowest BCUT2D eigenvalue weighted by molar-refractivity contribution is -0.143. The Hall–Kier alpha value is -0.220. The Morgan fingerprint density at radius 2 is 2.19 bits per heavy atom. The van der Waals surface area contributed by atoms with Crippen LogP contribution in [0.25, 0.3) is 0 Å². The zero-order valence-electron chi connectivity index (χ0n) is 10.3. The Bertz CT molecular complexity index is 205. The van der Waals surface area contributed by atoms with Crippen molar-refractivity contribution in [1.82, 2.24) is 5.32 Å². The van der Waals surface area contributed by atoms with Gasteiger partial charge in [0.15, 0.2) is 0 Å². The number of nitrogens with one attached hydrogen (secondary N) is 1. The summed E-state index contributed by atoms with van der Waals surface area (Å²) < 4.78 is 4.72. The molecule has 0 amide bonds. The standard InChI is InChI=1S/C12H23NO2S/c1-13-11(12(14)15-2)7-8-16-9-10-5-3-4-6-10/h10-11,13H,3-9H2,1-2H3. The molecule has 4 heteroatoms. The molecule has 94 valence electrons. The van der Waals surface area contributed by atoms with E-state index in [1.54, 1.807) is 0 Å². The Kier molecular flexibility index (Phi) is 6.88. The number of hydrogen-bond acceptors (Lipinski definition) is 4. The van der Waals surface area contributed by atoms with Crippen molar-refractivity contribution in [1.29, 1.82) is 0 Å². The summed E-state index contributed by atoms with van der Waals surface area (Å²) in [6, 6.07) is -0.138. The number of rotatable bonds is 7. The van der Waals surface area contributed by atoms with Crippen molar-refractivity contribution in [3.05, 3.63) is 0 Å². The number of hydrogen-bond donors (Lipinski definition) is 1. The number of thioether (sulfide) groups is 1. The van der Waals surface area contributed by atoms with E-state index in [4.69, 9.17) is 4.74 Å². The summed E-state index contributed by atoms with van der Waals surface area (Å²) in [5, 5.41) is 2.99. The molecule has 0 aromatic rings. The van der Waals surface area contributed by atoms with Gasteiger partial charge in [-0.25, -0.2) is 0 Å². The van der Waals surface area contributed by atoms with Crippen molar-refractivity contribution in [3.8, 4) is 0 Å². The molecule has 0 spiro atoms. The predicted octanol–water partition coefficient (Wildman–Crippen LogP) is 2.06. The highest BCUT2D eigenvalue weighted by molar-refractivity contribution is 7.99. The third kappa shape index (κ3) is 4.74. The maximum Gasteiger partial charge on any atom is 0.322 e. The minimum atomic E-state index is -0.149. The van der Waals surface area contributed by atoms with Crippen LogP contribution in [0.15, 0.2) is 0 Å². The summed E-state index contributed by atoms with van der Waals surface area (Å²) in [6.07, 6.45) is 6.48. The lowest BCUT2D eigenvalue weighted by Crippen LogP contribution is -2.35. The van der Waals surface area contributed by atoms with Crippen LogP contribution in [0.5, 0.6) is 0 Å². The van der Waals surface area contributed by atoms with Gasteiger partial charge in [0, 0.05) is 0 Å². The molecule has 1 atom stereocenters. The van der Waals surface area contributed by atoms with Crippen molar-refractivity contribution < 1.29 is 9.53 Å². The highest BCUT2D eigenvalue weighted by Crippen LogP contribution is 2.28. The summed E-state index contributed by atoms with van der Waals surface area (Å²) in [4.78, 5) is 11.3. The first-order chi connectivity index (χ1) is 7.77. The molecule has 1 unspecified atom stereocenters. The van der Waals surface area contributed by atoms with Crippen LogP contribution in [-0.2, 0) is 9.53 Å². The first-order valence-electron chi connectivity index (χ1n) is 6.10. The molecule has 0 aromatic heterocycles. The molecule has 0 saturated heterocycles. The van der Waals surface area contributed by atoms with Crippen LogP contribution in [0.4, 0.5) is 0 Å². The second kappa shape index (κ2) is 7.96. The molecule has 0 heterocycles. The monoisotopic (exact) mass is 245 g/mol. The van der Waals surface area contributed by atoms with E-state index in [0.29, 0.717) is 0 Å². The third-order valence-electron chi connectivity index (χ3n) is 3.21. The van der Waals surface area contributed by atoms with Crippen LogP contribution in [0, 0.1) is 5.92 Å². The fourth-order valence-corrected chi connectivity index (χ4v) is 3.39. The van der Waals surface area contributed by atoms with Gasteiger partial charge in [0.2, 0.25) is 0 Å². The molecule has 0 aliphatic heterocycles. The van der Waals surface area contributed by atoms with Gasteiger partial charge in [0.1, 0.15) is 6.04 Å². The minimum absolute atomic E-state index is 0.138. The average Bonchev–Trinajstić information content (AvgIpc) is 2.81. The number of methoxy groups -OCH3 is 1. The van der Waals surface area contributed by atoms with Crippen molar-refractivity contribution in [3.63, 3.8) is 0 Å². The summed E-state index contributed by atoms with van der Waals surface area (Å²) in [7, 11) is 3.25. The second-order valence-corrected chi connectivity index (χ2v) is 5.53. The van der Waals surface area contributed by atoms with Crippen molar-refractivity contribution in [2.75, 3.05) is 25.7 Å². The molecule has 16 heavy (non-hydrogen) atoms. The van der Waals surface area contributed by atoms with Gasteiger partial charge < -0.3 is 10.1 Å².